The number of nitrogens with zero attached hydrogens (tertiary/aromatic N) is 2. The van der Waals surface area contributed by atoms with Crippen LogP contribution >= 0.6 is 34.7 Å². The quantitative estimate of drug-likeness (QED) is 0.601. The molecule has 1 saturated heterocycles. The van der Waals surface area contributed by atoms with Crippen molar-refractivity contribution in [1.82, 2.24) is 9.21 Å². The van der Waals surface area contributed by atoms with Gasteiger partial charge >= 0.3 is 6.18 Å². The molecule has 0 atom stereocenters. The average molecular weight is 485 g/mol. The fraction of sp³-hybridized carbons (Fsp3) is 0.353. The van der Waals surface area contributed by atoms with E-state index in [1.54, 1.807) is 4.90 Å². The smallest absolute Gasteiger partial charge is 0.339 e. The Bertz CT molecular complexity index is 974. The normalized spacial score (nSPS) is 16.2. The fourth-order valence-corrected chi connectivity index (χ4v) is 6.14. The van der Waals surface area contributed by atoms with Gasteiger partial charge < -0.3 is 4.90 Å². The first kappa shape index (κ1) is 22.4. The summed E-state index contributed by atoms with van der Waals surface area (Å²) in [6.45, 7) is 0.398. The van der Waals surface area contributed by atoms with Crippen LogP contribution in [-0.2, 0) is 21.0 Å². The summed E-state index contributed by atoms with van der Waals surface area (Å²) in [7, 11) is -4.13. The van der Waals surface area contributed by atoms with Crippen LogP contribution in [0.2, 0.25) is 5.02 Å². The van der Waals surface area contributed by atoms with Crippen LogP contribution in [0, 0.1) is 0 Å². The molecule has 0 saturated carbocycles. The molecule has 0 radical (unpaired) electrons. The first-order valence-corrected chi connectivity index (χ1v) is 12.1. The summed E-state index contributed by atoms with van der Waals surface area (Å²) in [5.41, 5.74) is -1.19. The lowest BCUT2D eigenvalue weighted by molar-refractivity contribution is -0.137. The van der Waals surface area contributed by atoms with Crippen LogP contribution in [0.1, 0.15) is 5.56 Å². The van der Waals surface area contributed by atoms with Crippen LogP contribution < -0.4 is 0 Å². The average Bonchev–Trinajstić information content (AvgIpc) is 3.19. The molecule has 158 valence electrons. The third-order valence-corrected chi connectivity index (χ3v) is 8.65. The van der Waals surface area contributed by atoms with E-state index in [9.17, 15) is 26.4 Å². The largest absolute Gasteiger partial charge is 0.417 e. The van der Waals surface area contributed by atoms with Gasteiger partial charge in [-0.1, -0.05) is 17.7 Å². The van der Waals surface area contributed by atoms with Gasteiger partial charge in [-0.2, -0.15) is 17.5 Å². The molecule has 0 aliphatic carbocycles. The molecular weight excluding hydrogens is 469 g/mol. The van der Waals surface area contributed by atoms with Crippen LogP contribution in [0.4, 0.5) is 13.2 Å². The second kappa shape index (κ2) is 8.84. The highest BCUT2D eigenvalue weighted by atomic mass is 35.5. The number of benzene rings is 1. The van der Waals surface area contributed by atoms with Gasteiger partial charge in [0, 0.05) is 26.2 Å². The van der Waals surface area contributed by atoms with E-state index in [2.05, 4.69) is 0 Å². The van der Waals surface area contributed by atoms with Gasteiger partial charge in [-0.05, 0) is 29.6 Å². The van der Waals surface area contributed by atoms with Crippen LogP contribution in [-0.4, -0.2) is 55.5 Å². The summed E-state index contributed by atoms with van der Waals surface area (Å²) in [6.07, 6.45) is -4.76. The first-order valence-electron chi connectivity index (χ1n) is 8.40. The standard InChI is InChI=1S/C17H16ClF3N2O3S3/c18-14-4-3-12(10-13(14)17(19,20)21)29(25,26)23-7-5-22(6-8-23)15(24)11-28-16-2-1-9-27-16/h1-4,9-10H,5-8,11H2. The van der Waals surface area contributed by atoms with Gasteiger partial charge in [0.1, 0.15) is 0 Å². The molecule has 1 fully saturated rings. The number of hydrogen-bond donors (Lipinski definition) is 0. The molecule has 29 heavy (non-hydrogen) atoms. The third kappa shape index (κ3) is 5.26. The number of hydrogen-bond acceptors (Lipinski definition) is 5. The molecule has 1 amide bonds. The lowest BCUT2D eigenvalue weighted by Gasteiger charge is -2.34. The number of sulfonamides is 1. The highest BCUT2D eigenvalue weighted by Crippen LogP contribution is 2.36. The number of halogens is 4. The van der Waals surface area contributed by atoms with Crippen molar-refractivity contribution in [3.8, 4) is 0 Å². The van der Waals surface area contributed by atoms with E-state index in [0.717, 1.165) is 20.6 Å². The Morgan fingerprint density at radius 1 is 1.17 bits per heavy atom. The van der Waals surface area contributed by atoms with E-state index < -0.39 is 31.7 Å². The van der Waals surface area contributed by atoms with Gasteiger partial charge in [0.2, 0.25) is 15.9 Å². The number of rotatable bonds is 5. The Balaban J connectivity index is 1.64. The summed E-state index contributed by atoms with van der Waals surface area (Å²) in [5.74, 6) is 0.144. The number of carbonyl (C=O) groups excluding carboxylic acids is 1. The Morgan fingerprint density at radius 2 is 1.86 bits per heavy atom. The second-order valence-electron chi connectivity index (χ2n) is 6.15. The molecule has 12 heteroatoms. The van der Waals surface area contributed by atoms with Crippen LogP contribution in [0.5, 0.6) is 0 Å². The molecule has 1 aromatic carbocycles. The van der Waals surface area contributed by atoms with Crippen molar-refractivity contribution in [2.24, 2.45) is 0 Å². The van der Waals surface area contributed by atoms with Crippen LogP contribution in [0.3, 0.4) is 0 Å². The number of thiophene rings is 1. The van der Waals surface area contributed by atoms with Gasteiger partial charge in [-0.25, -0.2) is 8.42 Å². The van der Waals surface area contributed by atoms with Crippen molar-refractivity contribution in [2.45, 2.75) is 15.3 Å². The zero-order valence-corrected chi connectivity index (χ0v) is 18.1. The summed E-state index contributed by atoms with van der Waals surface area (Å²) in [4.78, 5) is 13.4. The number of thioether (sulfide) groups is 1. The molecule has 0 bridgehead atoms. The maximum atomic E-state index is 13.0. The highest BCUT2D eigenvalue weighted by Gasteiger charge is 2.36. The van der Waals surface area contributed by atoms with E-state index in [1.165, 1.54) is 23.1 Å². The molecule has 0 spiro atoms. The zero-order chi connectivity index (χ0) is 21.2. The zero-order valence-electron chi connectivity index (χ0n) is 14.9. The minimum atomic E-state index is -4.76. The monoisotopic (exact) mass is 484 g/mol. The van der Waals surface area contributed by atoms with Crippen molar-refractivity contribution < 1.29 is 26.4 Å². The van der Waals surface area contributed by atoms with Gasteiger partial charge in [-0.15, -0.1) is 23.1 Å². The van der Waals surface area contributed by atoms with E-state index in [-0.39, 0.29) is 37.8 Å². The molecule has 2 heterocycles. The van der Waals surface area contributed by atoms with Crippen molar-refractivity contribution in [3.05, 3.63) is 46.3 Å². The summed E-state index contributed by atoms with van der Waals surface area (Å²) in [5, 5.41) is 1.35. The Kier molecular flexibility index (Phi) is 6.84. The molecule has 1 aliphatic rings. The number of amides is 1. The van der Waals surface area contributed by atoms with E-state index in [1.807, 2.05) is 17.5 Å². The Hall–Kier alpha value is -1.27. The van der Waals surface area contributed by atoms with Crippen molar-refractivity contribution in [2.75, 3.05) is 31.9 Å². The Morgan fingerprint density at radius 3 is 2.45 bits per heavy atom. The van der Waals surface area contributed by atoms with Gasteiger partial charge in [0.25, 0.3) is 0 Å². The van der Waals surface area contributed by atoms with Crippen LogP contribution in [0.25, 0.3) is 0 Å². The number of piperazine rings is 1. The van der Waals surface area contributed by atoms with Gasteiger partial charge in [0.15, 0.2) is 0 Å². The predicted molar refractivity (Wildman–Crippen MR) is 107 cm³/mol. The minimum Gasteiger partial charge on any atom is -0.339 e. The molecule has 5 nitrogen and oxygen atoms in total. The van der Waals surface area contributed by atoms with Crippen molar-refractivity contribution in [1.29, 1.82) is 0 Å². The van der Waals surface area contributed by atoms with Gasteiger partial charge in [-0.3, -0.25) is 4.79 Å². The third-order valence-electron chi connectivity index (χ3n) is 4.31. The lowest BCUT2D eigenvalue weighted by Crippen LogP contribution is -2.51. The maximum absolute atomic E-state index is 13.0. The van der Waals surface area contributed by atoms with E-state index in [4.69, 9.17) is 11.6 Å². The topological polar surface area (TPSA) is 57.7 Å². The highest BCUT2D eigenvalue weighted by molar-refractivity contribution is 8.01. The molecule has 1 aromatic heterocycles. The van der Waals surface area contributed by atoms with Crippen molar-refractivity contribution >= 4 is 50.6 Å². The molecule has 1 aliphatic heterocycles. The molecule has 0 N–H and O–H groups in total. The number of alkyl halides is 3. The summed E-state index contributed by atoms with van der Waals surface area (Å²) < 4.78 is 66.7. The van der Waals surface area contributed by atoms with Gasteiger partial charge in [0.05, 0.1) is 25.4 Å². The Labute approximate surface area is 179 Å². The number of carbonyl (C=O) groups is 1. The van der Waals surface area contributed by atoms with Crippen LogP contribution in [0.15, 0.2) is 44.8 Å². The second-order valence-corrected chi connectivity index (χ2v) is 10.7. The maximum Gasteiger partial charge on any atom is 0.417 e. The summed E-state index contributed by atoms with van der Waals surface area (Å²) in [6, 6.07) is 6.34. The summed E-state index contributed by atoms with van der Waals surface area (Å²) >= 11 is 8.51. The first-order chi connectivity index (χ1) is 13.6. The molecule has 2 aromatic rings. The predicted octanol–water partition coefficient (Wildman–Crippen LogP) is 4.05. The lowest BCUT2D eigenvalue weighted by atomic mass is 10.2. The SMILES string of the molecule is O=C(CSc1cccs1)N1CCN(S(=O)(=O)c2ccc(Cl)c(C(F)(F)F)c2)CC1. The molecular formula is C17H16ClF3N2O3S3. The fourth-order valence-electron chi connectivity index (χ4n) is 2.78. The van der Waals surface area contributed by atoms with Crippen molar-refractivity contribution in [3.63, 3.8) is 0 Å². The molecule has 0 unspecified atom stereocenters. The minimum absolute atomic E-state index is 0.0156. The van der Waals surface area contributed by atoms with E-state index >= 15 is 0 Å². The van der Waals surface area contributed by atoms with E-state index in [0.29, 0.717) is 6.07 Å². The molecule has 3 rings (SSSR count).